The molecule has 4 heterocycles. The van der Waals surface area contributed by atoms with E-state index < -0.39 is 0 Å². The molecule has 1 aliphatic rings. The van der Waals surface area contributed by atoms with Gasteiger partial charge >= 0.3 is 0 Å². The van der Waals surface area contributed by atoms with Crippen molar-refractivity contribution in [3.63, 3.8) is 0 Å². The van der Waals surface area contributed by atoms with Crippen molar-refractivity contribution in [2.24, 2.45) is 0 Å². The maximum Gasteiger partial charge on any atom is 0.239 e. The highest BCUT2D eigenvalue weighted by molar-refractivity contribution is 5.94. The van der Waals surface area contributed by atoms with Gasteiger partial charge in [-0.15, -0.1) is 0 Å². The van der Waals surface area contributed by atoms with E-state index in [0.29, 0.717) is 42.9 Å². The van der Waals surface area contributed by atoms with E-state index in [1.807, 2.05) is 12.1 Å². The summed E-state index contributed by atoms with van der Waals surface area (Å²) in [6.07, 6.45) is 5.08. The molecule has 0 radical (unpaired) electrons. The molecule has 1 amide bonds. The lowest BCUT2D eigenvalue weighted by molar-refractivity contribution is -0.118. The number of morpholine rings is 1. The van der Waals surface area contributed by atoms with Crippen LogP contribution >= 0.6 is 0 Å². The number of rotatable bonds is 4. The van der Waals surface area contributed by atoms with Gasteiger partial charge in [-0.25, -0.2) is 9.97 Å². The lowest BCUT2D eigenvalue weighted by atomic mass is 10.2. The summed E-state index contributed by atoms with van der Waals surface area (Å²) in [5.74, 6) is 1.63. The van der Waals surface area contributed by atoms with E-state index in [9.17, 15) is 4.79 Å². The molecule has 1 N–H and O–H groups in total. The van der Waals surface area contributed by atoms with Gasteiger partial charge in [-0.05, 0) is 17.5 Å². The molecule has 1 aliphatic heterocycles. The number of anilines is 1. The molecule has 0 spiro atoms. The summed E-state index contributed by atoms with van der Waals surface area (Å²) in [5, 5.41) is 4.66. The smallest absolute Gasteiger partial charge is 0.239 e. The first-order chi connectivity index (χ1) is 12.7. The lowest BCUT2D eigenvalue weighted by Crippen LogP contribution is -2.41. The van der Waals surface area contributed by atoms with Gasteiger partial charge in [0, 0.05) is 37.8 Å². The molecule has 0 aromatic carbocycles. The third kappa shape index (κ3) is 3.71. The van der Waals surface area contributed by atoms with Gasteiger partial charge < -0.3 is 14.5 Å². The summed E-state index contributed by atoms with van der Waals surface area (Å²) >= 11 is 0. The van der Waals surface area contributed by atoms with Crippen molar-refractivity contribution in [2.45, 2.75) is 6.92 Å². The zero-order chi connectivity index (χ0) is 17.9. The Bertz CT molecular complexity index is 933. The topological polar surface area (TPSA) is 93.4 Å². The predicted molar refractivity (Wildman–Crippen MR) is 95.7 cm³/mol. The molecule has 134 valence electrons. The molecule has 0 bridgehead atoms. The van der Waals surface area contributed by atoms with E-state index >= 15 is 0 Å². The number of pyridine rings is 2. The molecule has 3 aromatic heterocycles. The minimum atomic E-state index is -0.0844. The Labute approximate surface area is 150 Å². The van der Waals surface area contributed by atoms with Crippen molar-refractivity contribution >= 4 is 22.5 Å². The minimum Gasteiger partial charge on any atom is -0.439 e. The van der Waals surface area contributed by atoms with Crippen LogP contribution in [0.5, 0.6) is 0 Å². The van der Waals surface area contributed by atoms with Gasteiger partial charge in [-0.2, -0.15) is 0 Å². The fourth-order valence-corrected chi connectivity index (χ4v) is 2.87. The molecule has 8 nitrogen and oxygen atoms in total. The molecule has 0 atom stereocenters. The van der Waals surface area contributed by atoms with Crippen LogP contribution in [0.15, 0.2) is 35.1 Å². The molecule has 0 aliphatic carbocycles. The van der Waals surface area contributed by atoms with Gasteiger partial charge in [-0.3, -0.25) is 14.7 Å². The highest BCUT2D eigenvalue weighted by Gasteiger charge is 2.15. The average Bonchev–Trinajstić information content (AvgIpc) is 3.08. The second kappa shape index (κ2) is 7.19. The number of oxazole rings is 1. The van der Waals surface area contributed by atoms with E-state index in [1.54, 1.807) is 25.5 Å². The number of ether oxygens (including phenoxy) is 1. The van der Waals surface area contributed by atoms with Crippen LogP contribution in [0.4, 0.5) is 5.82 Å². The van der Waals surface area contributed by atoms with E-state index in [-0.39, 0.29) is 5.91 Å². The van der Waals surface area contributed by atoms with E-state index in [1.165, 1.54) is 0 Å². The van der Waals surface area contributed by atoms with Crippen molar-refractivity contribution in [1.29, 1.82) is 0 Å². The first kappa shape index (κ1) is 16.6. The molecule has 1 fully saturated rings. The van der Waals surface area contributed by atoms with Crippen molar-refractivity contribution in [3.8, 4) is 11.5 Å². The van der Waals surface area contributed by atoms with Gasteiger partial charge in [0.2, 0.25) is 5.91 Å². The molecular formula is C18H19N5O3. The monoisotopic (exact) mass is 353 g/mol. The number of aromatic nitrogens is 3. The zero-order valence-corrected chi connectivity index (χ0v) is 14.4. The number of fused-ring (bicyclic) bond motifs is 1. The van der Waals surface area contributed by atoms with Crippen molar-refractivity contribution in [2.75, 3.05) is 38.2 Å². The van der Waals surface area contributed by atoms with Gasteiger partial charge in [-0.1, -0.05) is 0 Å². The number of aryl methyl sites for hydroxylation is 1. The maximum absolute atomic E-state index is 12.2. The van der Waals surface area contributed by atoms with E-state index in [4.69, 9.17) is 9.15 Å². The summed E-state index contributed by atoms with van der Waals surface area (Å²) in [7, 11) is 0. The number of carbonyl (C=O) groups excluding carboxylic acids is 1. The SMILES string of the molecule is Cc1ncc(-c2cc3cc(NC(=O)CN4CCOCC4)ncc3cn2)o1. The number of hydrogen-bond donors (Lipinski definition) is 1. The molecular weight excluding hydrogens is 334 g/mol. The third-order valence-corrected chi connectivity index (χ3v) is 4.22. The van der Waals surface area contributed by atoms with Gasteiger partial charge in [0.15, 0.2) is 11.7 Å². The normalized spacial score (nSPS) is 15.3. The lowest BCUT2D eigenvalue weighted by Gasteiger charge is -2.25. The number of hydrogen-bond acceptors (Lipinski definition) is 7. The summed E-state index contributed by atoms with van der Waals surface area (Å²) in [4.78, 5) is 27.1. The maximum atomic E-state index is 12.2. The highest BCUT2D eigenvalue weighted by Crippen LogP contribution is 2.23. The molecule has 0 unspecified atom stereocenters. The first-order valence-electron chi connectivity index (χ1n) is 8.46. The fourth-order valence-electron chi connectivity index (χ4n) is 2.87. The summed E-state index contributed by atoms with van der Waals surface area (Å²) in [6, 6.07) is 3.73. The first-order valence-corrected chi connectivity index (χ1v) is 8.46. The zero-order valence-electron chi connectivity index (χ0n) is 14.4. The molecule has 1 saturated heterocycles. The molecule has 8 heteroatoms. The van der Waals surface area contributed by atoms with E-state index in [0.717, 1.165) is 23.9 Å². The molecule has 26 heavy (non-hydrogen) atoms. The molecule has 4 rings (SSSR count). The third-order valence-electron chi connectivity index (χ3n) is 4.22. The molecule has 0 saturated carbocycles. The minimum absolute atomic E-state index is 0.0844. The van der Waals surface area contributed by atoms with Crippen molar-refractivity contribution < 1.29 is 13.9 Å². The number of nitrogens with one attached hydrogen (secondary N) is 1. The average molecular weight is 353 g/mol. The number of nitrogens with zero attached hydrogens (tertiary/aromatic N) is 4. The number of amides is 1. The van der Waals surface area contributed by atoms with Crippen LogP contribution in [0, 0.1) is 6.92 Å². The van der Waals surface area contributed by atoms with Crippen LogP contribution < -0.4 is 5.32 Å². The second-order valence-electron chi connectivity index (χ2n) is 6.17. The Hall–Kier alpha value is -2.84. The quantitative estimate of drug-likeness (QED) is 0.765. The summed E-state index contributed by atoms with van der Waals surface area (Å²) in [5.41, 5.74) is 0.690. The van der Waals surface area contributed by atoms with Crippen LogP contribution in [-0.2, 0) is 9.53 Å². The second-order valence-corrected chi connectivity index (χ2v) is 6.17. The standard InChI is InChI=1S/C18H19N5O3/c1-12-19-10-16(26-12)15-6-13-7-17(21-9-14(13)8-20-15)22-18(24)11-23-2-4-25-5-3-23/h6-10H,2-5,11H2,1H3,(H,21,22,24). The fraction of sp³-hybridized carbons (Fsp3) is 0.333. The predicted octanol–water partition coefficient (Wildman–Crippen LogP) is 1.86. The van der Waals surface area contributed by atoms with Crippen molar-refractivity contribution in [1.82, 2.24) is 19.9 Å². The molecule has 3 aromatic rings. The van der Waals surface area contributed by atoms with Crippen LogP contribution in [0.2, 0.25) is 0 Å². The van der Waals surface area contributed by atoms with Gasteiger partial charge in [0.25, 0.3) is 0 Å². The van der Waals surface area contributed by atoms with Crippen LogP contribution in [0.3, 0.4) is 0 Å². The van der Waals surface area contributed by atoms with Gasteiger partial charge in [0.1, 0.15) is 11.5 Å². The summed E-state index contributed by atoms with van der Waals surface area (Å²) in [6.45, 7) is 4.99. The Balaban J connectivity index is 1.51. The highest BCUT2D eigenvalue weighted by atomic mass is 16.5. The van der Waals surface area contributed by atoms with Gasteiger partial charge in [0.05, 0.1) is 26.0 Å². The number of carbonyl (C=O) groups is 1. The van der Waals surface area contributed by atoms with Crippen molar-refractivity contribution in [3.05, 3.63) is 36.6 Å². The Morgan fingerprint density at radius 3 is 2.69 bits per heavy atom. The van der Waals surface area contributed by atoms with Crippen LogP contribution in [0.1, 0.15) is 5.89 Å². The Kier molecular flexibility index (Phi) is 4.59. The summed E-state index contributed by atoms with van der Waals surface area (Å²) < 4.78 is 10.8. The Morgan fingerprint density at radius 1 is 1.12 bits per heavy atom. The largest absolute Gasteiger partial charge is 0.439 e. The van der Waals surface area contributed by atoms with Crippen LogP contribution in [-0.4, -0.2) is 58.6 Å². The van der Waals surface area contributed by atoms with Crippen LogP contribution in [0.25, 0.3) is 22.2 Å². The Morgan fingerprint density at radius 2 is 1.92 bits per heavy atom. The van der Waals surface area contributed by atoms with E-state index in [2.05, 4.69) is 25.2 Å².